The van der Waals surface area contributed by atoms with Crippen molar-refractivity contribution in [3.63, 3.8) is 0 Å². The summed E-state index contributed by atoms with van der Waals surface area (Å²) in [5, 5.41) is 2.92. The number of carbonyl (C=O) groups is 1. The van der Waals surface area contributed by atoms with E-state index in [-0.39, 0.29) is 30.7 Å². The first-order valence-corrected chi connectivity index (χ1v) is 7.95. The Morgan fingerprint density at radius 2 is 1.70 bits per heavy atom. The number of rotatable bonds is 6. The van der Waals surface area contributed by atoms with Gasteiger partial charge in [0.1, 0.15) is 12.4 Å². The number of benzene rings is 2. The Morgan fingerprint density at radius 3 is 2.37 bits per heavy atom. The summed E-state index contributed by atoms with van der Waals surface area (Å²) < 4.78 is 32.1. The molecule has 2 aromatic carbocycles. The summed E-state index contributed by atoms with van der Waals surface area (Å²) >= 11 is 0. The van der Waals surface area contributed by atoms with Crippen LogP contribution < -0.4 is 15.8 Å². The second-order valence-corrected chi connectivity index (χ2v) is 5.24. The Balaban J connectivity index is 0.000000817. The number of nitrogens with zero attached hydrogens (tertiary/aromatic N) is 2. The van der Waals surface area contributed by atoms with Crippen LogP contribution in [0.2, 0.25) is 0 Å². The van der Waals surface area contributed by atoms with Crippen LogP contribution in [-0.2, 0) is 17.9 Å². The number of hydrogen-bond donors (Lipinski definition) is 2. The monoisotopic (exact) mass is 372 g/mol. The topological polar surface area (TPSA) is 90.1 Å². The number of halogens is 2. The van der Waals surface area contributed by atoms with Gasteiger partial charge in [-0.25, -0.2) is 13.8 Å². The highest BCUT2D eigenvalue weighted by atomic mass is 19.1. The van der Waals surface area contributed by atoms with E-state index in [1.54, 1.807) is 12.1 Å². The van der Waals surface area contributed by atoms with Crippen LogP contribution in [-0.4, -0.2) is 16.4 Å². The lowest BCUT2D eigenvalue weighted by Crippen LogP contribution is -2.07. The van der Waals surface area contributed by atoms with Crippen LogP contribution in [0, 0.1) is 11.6 Å². The number of ether oxygens (including phenoxy) is 1. The molecule has 3 rings (SSSR count). The number of nitrogens with one attached hydrogen (secondary N) is 1. The molecule has 0 spiro atoms. The second kappa shape index (κ2) is 10.4. The predicted octanol–water partition coefficient (Wildman–Crippen LogP) is 3.05. The lowest BCUT2D eigenvalue weighted by molar-refractivity contribution is -0.106. The van der Waals surface area contributed by atoms with E-state index in [9.17, 15) is 8.78 Å². The number of anilines is 1. The van der Waals surface area contributed by atoms with E-state index >= 15 is 0 Å². The quantitative estimate of drug-likeness (QED) is 0.649. The highest BCUT2D eigenvalue weighted by Gasteiger charge is 2.08. The molecule has 3 aromatic rings. The van der Waals surface area contributed by atoms with E-state index in [2.05, 4.69) is 21.0 Å². The normalized spacial score (nSPS) is 9.70. The summed E-state index contributed by atoms with van der Waals surface area (Å²) in [6.07, 6.45) is 1.31. The molecule has 140 valence electrons. The molecule has 0 aliphatic rings. The second-order valence-electron chi connectivity index (χ2n) is 5.24. The molecular weight excluding hydrogens is 354 g/mol. The standard InChI is InChI=1S/C18H15F2N3O.CH3NO/c19-15-8-6-14(7-9-15)12-24-18-22-11-16(20)17(23-18)21-10-13-4-2-1-3-5-13;2-1-3/h1-9,11H,10,12H2,(H,21,22,23);1H,(H2,2,3). The van der Waals surface area contributed by atoms with E-state index in [0.717, 1.165) is 17.3 Å². The molecule has 8 heteroatoms. The van der Waals surface area contributed by atoms with Crippen molar-refractivity contribution in [3.8, 4) is 6.01 Å². The van der Waals surface area contributed by atoms with Gasteiger partial charge in [-0.05, 0) is 23.3 Å². The van der Waals surface area contributed by atoms with Crippen LogP contribution in [0.15, 0.2) is 60.8 Å². The molecule has 0 aliphatic heterocycles. The van der Waals surface area contributed by atoms with Crippen molar-refractivity contribution in [2.45, 2.75) is 13.2 Å². The van der Waals surface area contributed by atoms with Gasteiger partial charge in [-0.1, -0.05) is 42.5 Å². The lowest BCUT2D eigenvalue weighted by Gasteiger charge is -2.09. The van der Waals surface area contributed by atoms with Crippen molar-refractivity contribution in [1.82, 2.24) is 9.97 Å². The van der Waals surface area contributed by atoms with Crippen LogP contribution in [0.4, 0.5) is 14.6 Å². The minimum atomic E-state index is -0.555. The average molecular weight is 372 g/mol. The van der Waals surface area contributed by atoms with E-state index < -0.39 is 5.82 Å². The smallest absolute Gasteiger partial charge is 0.318 e. The molecule has 3 N–H and O–H groups in total. The highest BCUT2D eigenvalue weighted by Crippen LogP contribution is 2.15. The molecule has 1 aromatic heterocycles. The fourth-order valence-corrected chi connectivity index (χ4v) is 2.05. The Bertz CT molecular complexity index is 846. The SMILES string of the molecule is Fc1ccc(COc2ncc(F)c(NCc3ccccc3)n2)cc1.NC=O. The highest BCUT2D eigenvalue weighted by molar-refractivity contribution is 5.42. The van der Waals surface area contributed by atoms with Crippen molar-refractivity contribution in [3.05, 3.63) is 83.6 Å². The molecule has 0 radical (unpaired) electrons. The number of primary amides is 1. The summed E-state index contributed by atoms with van der Waals surface area (Å²) in [7, 11) is 0. The van der Waals surface area contributed by atoms with Crippen LogP contribution in [0.5, 0.6) is 6.01 Å². The average Bonchev–Trinajstić information content (AvgIpc) is 2.69. The minimum absolute atomic E-state index is 0.0521. The first-order valence-electron chi connectivity index (χ1n) is 7.95. The molecule has 0 saturated carbocycles. The van der Waals surface area contributed by atoms with Gasteiger partial charge in [-0.2, -0.15) is 4.98 Å². The van der Waals surface area contributed by atoms with Gasteiger partial charge in [-0.3, -0.25) is 4.79 Å². The largest absolute Gasteiger partial charge is 0.459 e. The zero-order chi connectivity index (χ0) is 19.5. The van der Waals surface area contributed by atoms with Gasteiger partial charge in [0.15, 0.2) is 11.6 Å². The van der Waals surface area contributed by atoms with Crippen LogP contribution in [0.25, 0.3) is 0 Å². The molecule has 6 nitrogen and oxygen atoms in total. The fraction of sp³-hybridized carbons (Fsp3) is 0.105. The summed E-state index contributed by atoms with van der Waals surface area (Å²) in [5.74, 6) is -0.799. The number of carbonyl (C=O) groups excluding carboxylic acids is 1. The van der Waals surface area contributed by atoms with Gasteiger partial charge in [0, 0.05) is 6.54 Å². The molecule has 0 fully saturated rings. The Kier molecular flexibility index (Phi) is 7.65. The van der Waals surface area contributed by atoms with Crippen LogP contribution in [0.3, 0.4) is 0 Å². The van der Waals surface area contributed by atoms with Gasteiger partial charge in [-0.15, -0.1) is 0 Å². The molecule has 1 heterocycles. The van der Waals surface area contributed by atoms with Gasteiger partial charge in [0.05, 0.1) is 6.20 Å². The Hall–Kier alpha value is -3.55. The Labute approximate surface area is 155 Å². The zero-order valence-electron chi connectivity index (χ0n) is 14.3. The predicted molar refractivity (Wildman–Crippen MR) is 96.7 cm³/mol. The molecule has 0 bridgehead atoms. The molecule has 0 atom stereocenters. The van der Waals surface area contributed by atoms with Crippen molar-refractivity contribution >= 4 is 12.2 Å². The molecule has 0 unspecified atom stereocenters. The van der Waals surface area contributed by atoms with Crippen molar-refractivity contribution in [2.75, 3.05) is 5.32 Å². The zero-order valence-corrected chi connectivity index (χ0v) is 14.3. The van der Waals surface area contributed by atoms with Crippen molar-refractivity contribution in [2.24, 2.45) is 5.73 Å². The first kappa shape index (κ1) is 19.8. The Morgan fingerprint density at radius 1 is 1.04 bits per heavy atom. The third-order valence-electron chi connectivity index (χ3n) is 3.31. The third kappa shape index (κ3) is 6.69. The van der Waals surface area contributed by atoms with Crippen molar-refractivity contribution in [1.29, 1.82) is 0 Å². The van der Waals surface area contributed by atoms with E-state index in [4.69, 9.17) is 9.53 Å². The van der Waals surface area contributed by atoms with Gasteiger partial charge in [0.2, 0.25) is 6.41 Å². The van der Waals surface area contributed by atoms with E-state index in [0.29, 0.717) is 6.54 Å². The van der Waals surface area contributed by atoms with E-state index in [1.807, 2.05) is 30.3 Å². The first-order chi connectivity index (χ1) is 13.1. The molecule has 1 amide bonds. The molecule has 27 heavy (non-hydrogen) atoms. The maximum atomic E-state index is 13.8. The van der Waals surface area contributed by atoms with Gasteiger partial charge < -0.3 is 15.8 Å². The number of nitrogens with two attached hydrogens (primary N) is 1. The summed E-state index contributed by atoms with van der Waals surface area (Å²) in [6.45, 7) is 0.607. The van der Waals surface area contributed by atoms with E-state index in [1.165, 1.54) is 12.1 Å². The fourth-order valence-electron chi connectivity index (χ4n) is 2.05. The number of hydrogen-bond acceptors (Lipinski definition) is 5. The maximum absolute atomic E-state index is 13.8. The molecular formula is C19H18F2N4O2. The summed E-state index contributed by atoms with van der Waals surface area (Å²) in [6, 6.07) is 15.5. The van der Waals surface area contributed by atoms with Gasteiger partial charge in [0.25, 0.3) is 0 Å². The van der Waals surface area contributed by atoms with Crippen molar-refractivity contribution < 1.29 is 18.3 Å². The number of aromatic nitrogens is 2. The maximum Gasteiger partial charge on any atom is 0.318 e. The van der Waals surface area contributed by atoms with Crippen LogP contribution >= 0.6 is 0 Å². The summed E-state index contributed by atoms with van der Waals surface area (Å²) in [5.41, 5.74) is 5.94. The van der Waals surface area contributed by atoms with Gasteiger partial charge >= 0.3 is 6.01 Å². The van der Waals surface area contributed by atoms with Crippen LogP contribution in [0.1, 0.15) is 11.1 Å². The summed E-state index contributed by atoms with van der Waals surface area (Å²) in [4.78, 5) is 16.4. The molecule has 0 aliphatic carbocycles. The number of amides is 1. The minimum Gasteiger partial charge on any atom is -0.459 e. The lowest BCUT2D eigenvalue weighted by atomic mass is 10.2. The third-order valence-corrected chi connectivity index (χ3v) is 3.31. The molecule has 0 saturated heterocycles.